The first kappa shape index (κ1) is 11.9. The Morgan fingerprint density at radius 2 is 2.11 bits per heavy atom. The number of para-hydroxylation sites is 1. The van der Waals surface area contributed by atoms with Crippen molar-refractivity contribution < 1.29 is 4.79 Å². The summed E-state index contributed by atoms with van der Waals surface area (Å²) in [5.41, 5.74) is 7.22. The maximum Gasteiger partial charge on any atom is 0.239 e. The molecule has 0 spiro atoms. The second kappa shape index (κ2) is 4.85. The van der Waals surface area contributed by atoms with E-state index in [1.807, 2.05) is 36.5 Å². The highest BCUT2D eigenvalue weighted by atomic mass is 16.1. The summed E-state index contributed by atoms with van der Waals surface area (Å²) >= 11 is 0. The van der Waals surface area contributed by atoms with Crippen molar-refractivity contribution in [1.82, 2.24) is 15.1 Å². The van der Waals surface area contributed by atoms with Gasteiger partial charge >= 0.3 is 0 Å². The van der Waals surface area contributed by atoms with Gasteiger partial charge in [-0.25, -0.2) is 4.68 Å². The van der Waals surface area contributed by atoms with Crippen LogP contribution < -0.4 is 11.1 Å². The van der Waals surface area contributed by atoms with E-state index in [1.165, 1.54) is 0 Å². The average Bonchev–Trinajstić information content (AvgIpc) is 3.12. The SMILES string of the molecule is NC(=O)C(NC1CC1)c1cnn(-c2ccccc2)c1. The monoisotopic (exact) mass is 256 g/mol. The molecule has 0 aliphatic heterocycles. The molecule has 5 nitrogen and oxygen atoms in total. The summed E-state index contributed by atoms with van der Waals surface area (Å²) in [6.45, 7) is 0. The average molecular weight is 256 g/mol. The van der Waals surface area contributed by atoms with Crippen LogP contribution in [0.4, 0.5) is 0 Å². The van der Waals surface area contributed by atoms with Crippen molar-refractivity contribution in [2.24, 2.45) is 5.73 Å². The molecule has 1 atom stereocenters. The van der Waals surface area contributed by atoms with Crippen LogP contribution in [0.2, 0.25) is 0 Å². The largest absolute Gasteiger partial charge is 0.368 e. The highest BCUT2D eigenvalue weighted by Gasteiger charge is 2.29. The second-order valence-corrected chi connectivity index (χ2v) is 4.83. The molecule has 0 radical (unpaired) electrons. The minimum absolute atomic E-state index is 0.362. The zero-order valence-electron chi connectivity index (χ0n) is 10.5. The van der Waals surface area contributed by atoms with E-state index in [0.717, 1.165) is 24.1 Å². The minimum Gasteiger partial charge on any atom is -0.368 e. The van der Waals surface area contributed by atoms with E-state index in [0.29, 0.717) is 6.04 Å². The van der Waals surface area contributed by atoms with E-state index < -0.39 is 6.04 Å². The fourth-order valence-corrected chi connectivity index (χ4v) is 2.04. The summed E-state index contributed by atoms with van der Waals surface area (Å²) in [5, 5.41) is 7.53. The molecular weight excluding hydrogens is 240 g/mol. The molecule has 1 saturated carbocycles. The van der Waals surface area contributed by atoms with E-state index in [2.05, 4.69) is 10.4 Å². The Bertz CT molecular complexity index is 574. The Balaban J connectivity index is 1.84. The van der Waals surface area contributed by atoms with Crippen LogP contribution in [0.1, 0.15) is 24.4 Å². The number of amides is 1. The first-order valence-corrected chi connectivity index (χ1v) is 6.39. The van der Waals surface area contributed by atoms with Gasteiger partial charge in [0.05, 0.1) is 11.9 Å². The summed E-state index contributed by atoms with van der Waals surface area (Å²) in [6, 6.07) is 9.74. The summed E-state index contributed by atoms with van der Waals surface area (Å²) < 4.78 is 1.75. The Labute approximate surface area is 111 Å². The number of primary amides is 1. The van der Waals surface area contributed by atoms with Crippen LogP contribution in [0.15, 0.2) is 42.7 Å². The number of nitrogens with two attached hydrogens (primary N) is 1. The van der Waals surface area contributed by atoms with Crippen LogP contribution in [0.3, 0.4) is 0 Å². The highest BCUT2D eigenvalue weighted by Crippen LogP contribution is 2.24. The van der Waals surface area contributed by atoms with Gasteiger partial charge in [-0.2, -0.15) is 5.10 Å². The van der Waals surface area contributed by atoms with E-state index in [-0.39, 0.29) is 5.91 Å². The van der Waals surface area contributed by atoms with Gasteiger partial charge in [-0.15, -0.1) is 0 Å². The molecule has 98 valence electrons. The van der Waals surface area contributed by atoms with Gasteiger partial charge < -0.3 is 5.73 Å². The quantitative estimate of drug-likeness (QED) is 0.843. The number of rotatable bonds is 5. The molecule has 19 heavy (non-hydrogen) atoms. The second-order valence-electron chi connectivity index (χ2n) is 4.83. The molecule has 2 aromatic rings. The Morgan fingerprint density at radius 3 is 2.74 bits per heavy atom. The van der Waals surface area contributed by atoms with Gasteiger partial charge in [-0.1, -0.05) is 18.2 Å². The maximum atomic E-state index is 11.5. The number of carbonyl (C=O) groups is 1. The molecule has 1 unspecified atom stereocenters. The third-order valence-corrected chi connectivity index (χ3v) is 3.22. The highest BCUT2D eigenvalue weighted by molar-refractivity contribution is 5.81. The Morgan fingerprint density at radius 1 is 1.37 bits per heavy atom. The van der Waals surface area contributed by atoms with Gasteiger partial charge in [-0.05, 0) is 25.0 Å². The number of nitrogens with one attached hydrogen (secondary N) is 1. The molecule has 1 fully saturated rings. The van der Waals surface area contributed by atoms with Crippen molar-refractivity contribution in [3.63, 3.8) is 0 Å². The molecule has 1 aromatic heterocycles. The fraction of sp³-hybridized carbons (Fsp3) is 0.286. The lowest BCUT2D eigenvalue weighted by Crippen LogP contribution is -2.34. The van der Waals surface area contributed by atoms with Crippen LogP contribution in [0.5, 0.6) is 0 Å². The molecule has 0 bridgehead atoms. The zero-order chi connectivity index (χ0) is 13.2. The summed E-state index contributed by atoms with van der Waals surface area (Å²) in [7, 11) is 0. The minimum atomic E-state index is -0.454. The normalized spacial score (nSPS) is 16.2. The lowest BCUT2D eigenvalue weighted by molar-refractivity contribution is -0.120. The molecule has 1 heterocycles. The zero-order valence-corrected chi connectivity index (χ0v) is 10.5. The molecule has 3 rings (SSSR count). The molecule has 1 aromatic carbocycles. The fourth-order valence-electron chi connectivity index (χ4n) is 2.04. The summed E-state index contributed by atoms with van der Waals surface area (Å²) in [6.07, 6.45) is 5.76. The molecule has 1 aliphatic carbocycles. The number of benzene rings is 1. The maximum absolute atomic E-state index is 11.5. The predicted octanol–water partition coefficient (Wildman–Crippen LogP) is 1.15. The van der Waals surface area contributed by atoms with Crippen molar-refractivity contribution in [2.45, 2.75) is 24.9 Å². The van der Waals surface area contributed by atoms with Crippen LogP contribution in [-0.2, 0) is 4.79 Å². The third kappa shape index (κ3) is 2.66. The van der Waals surface area contributed by atoms with E-state index in [1.54, 1.807) is 10.9 Å². The van der Waals surface area contributed by atoms with Gasteiger partial charge in [0.25, 0.3) is 0 Å². The van der Waals surface area contributed by atoms with Gasteiger partial charge in [0.1, 0.15) is 6.04 Å². The molecular formula is C14H16N4O. The molecule has 3 N–H and O–H groups in total. The molecule has 0 saturated heterocycles. The van der Waals surface area contributed by atoms with Crippen LogP contribution in [0.25, 0.3) is 5.69 Å². The molecule has 1 amide bonds. The standard InChI is InChI=1S/C14H16N4O/c15-14(19)13(17-11-6-7-11)10-8-16-18(9-10)12-4-2-1-3-5-12/h1-5,8-9,11,13,17H,6-7H2,(H2,15,19). The van der Waals surface area contributed by atoms with Gasteiger partial charge in [0.15, 0.2) is 0 Å². The topological polar surface area (TPSA) is 72.9 Å². The Hall–Kier alpha value is -2.14. The summed E-state index contributed by atoms with van der Waals surface area (Å²) in [4.78, 5) is 11.5. The molecule has 5 heteroatoms. The van der Waals surface area contributed by atoms with Crippen LogP contribution >= 0.6 is 0 Å². The van der Waals surface area contributed by atoms with E-state index >= 15 is 0 Å². The third-order valence-electron chi connectivity index (χ3n) is 3.22. The van der Waals surface area contributed by atoms with Crippen LogP contribution in [-0.4, -0.2) is 21.7 Å². The van der Waals surface area contributed by atoms with E-state index in [9.17, 15) is 4.79 Å². The lowest BCUT2D eigenvalue weighted by Gasteiger charge is -2.12. The predicted molar refractivity (Wildman–Crippen MR) is 71.7 cm³/mol. The van der Waals surface area contributed by atoms with Crippen molar-refractivity contribution >= 4 is 5.91 Å². The number of hydrogen-bond acceptors (Lipinski definition) is 3. The number of hydrogen-bond donors (Lipinski definition) is 2. The lowest BCUT2D eigenvalue weighted by atomic mass is 10.1. The smallest absolute Gasteiger partial charge is 0.239 e. The van der Waals surface area contributed by atoms with Gasteiger partial charge in [-0.3, -0.25) is 10.1 Å². The van der Waals surface area contributed by atoms with E-state index in [4.69, 9.17) is 5.73 Å². The van der Waals surface area contributed by atoms with Crippen LogP contribution in [0, 0.1) is 0 Å². The number of nitrogens with zero attached hydrogens (tertiary/aromatic N) is 2. The number of carbonyl (C=O) groups excluding carboxylic acids is 1. The van der Waals surface area contributed by atoms with Crippen molar-refractivity contribution in [3.05, 3.63) is 48.3 Å². The van der Waals surface area contributed by atoms with Crippen molar-refractivity contribution in [1.29, 1.82) is 0 Å². The van der Waals surface area contributed by atoms with Gasteiger partial charge in [0, 0.05) is 17.8 Å². The van der Waals surface area contributed by atoms with Gasteiger partial charge in [0.2, 0.25) is 5.91 Å². The summed E-state index contributed by atoms with van der Waals surface area (Å²) in [5.74, 6) is -0.362. The number of aromatic nitrogens is 2. The molecule has 1 aliphatic rings. The first-order valence-electron chi connectivity index (χ1n) is 6.39. The van der Waals surface area contributed by atoms with Crippen molar-refractivity contribution in [2.75, 3.05) is 0 Å². The van der Waals surface area contributed by atoms with Crippen molar-refractivity contribution in [3.8, 4) is 5.69 Å². The first-order chi connectivity index (χ1) is 9.24. The Kier molecular flexibility index (Phi) is 3.05.